The fraction of sp³-hybridized carbons (Fsp3) is 0.421. The summed E-state index contributed by atoms with van der Waals surface area (Å²) >= 11 is 0. The number of aryl methyl sites for hydroxylation is 4. The van der Waals surface area contributed by atoms with E-state index in [1.807, 2.05) is 46.9 Å². The summed E-state index contributed by atoms with van der Waals surface area (Å²) in [5.74, 6) is 3.72. The predicted octanol–water partition coefficient (Wildman–Crippen LogP) is 15.5. The van der Waals surface area contributed by atoms with Gasteiger partial charge in [-0.2, -0.15) is 0 Å². The van der Waals surface area contributed by atoms with Crippen molar-refractivity contribution in [3.63, 3.8) is 0 Å². The number of hydrogen-bond acceptors (Lipinski definition) is 4. The van der Waals surface area contributed by atoms with Crippen LogP contribution in [0.3, 0.4) is 0 Å². The van der Waals surface area contributed by atoms with E-state index in [0.29, 0.717) is 12.1 Å². The number of carbonyl (C=O) groups excluding carboxylic acids is 1. The third-order valence-electron chi connectivity index (χ3n) is 13.2. The Kier molecular flexibility index (Phi) is 16.9. The van der Waals surface area contributed by atoms with Crippen molar-refractivity contribution in [3.8, 4) is 22.5 Å². The molecule has 0 spiro atoms. The quantitative estimate of drug-likeness (QED) is 0.0798. The van der Waals surface area contributed by atoms with Crippen molar-refractivity contribution < 1.29 is 31.4 Å². The summed E-state index contributed by atoms with van der Waals surface area (Å²) in [4.78, 5) is 20.9. The molecule has 2 fully saturated rings. The SMILES string of the molecule is CCC(CC)C(=O)/C=C(\O)C(CC)CC.Cc1[c-]c(-c2nccc3cc(C4CC5CCC4C5)ccc23)cc(C)c1.[2H]c1cc2cc(C(C)C)ccc2c(-c2[c-]c(C)cc(C)c2)n1.[Ir]. The minimum Gasteiger partial charge on any atom is -0.512 e. The van der Waals surface area contributed by atoms with E-state index in [9.17, 15) is 9.90 Å². The number of benzene rings is 4. The van der Waals surface area contributed by atoms with E-state index in [2.05, 4.69) is 118 Å². The number of hydrogen-bond donors (Lipinski definition) is 1. The van der Waals surface area contributed by atoms with Crippen molar-refractivity contribution in [3.05, 3.63) is 143 Å². The first kappa shape index (κ1) is 47.0. The Bertz CT molecular complexity index is 2490. The van der Waals surface area contributed by atoms with Crippen LogP contribution in [0.4, 0.5) is 0 Å². The van der Waals surface area contributed by atoms with Gasteiger partial charge < -0.3 is 15.1 Å². The number of aliphatic hydroxyl groups excluding tert-OH is 1. The molecule has 2 saturated carbocycles. The molecule has 1 radical (unpaired) electrons. The number of rotatable bonds is 11. The summed E-state index contributed by atoms with van der Waals surface area (Å²) in [5.41, 5.74) is 11.5. The molecular weight excluding hydrogens is 937 g/mol. The summed E-state index contributed by atoms with van der Waals surface area (Å²) in [7, 11) is 0. The molecule has 2 aromatic heterocycles. The van der Waals surface area contributed by atoms with Gasteiger partial charge in [-0.3, -0.25) is 4.79 Å². The molecule has 2 heterocycles. The van der Waals surface area contributed by atoms with E-state index >= 15 is 0 Å². The number of ketones is 1. The second kappa shape index (κ2) is 22.3. The molecular formula is C57H68IrN2O2-2. The van der Waals surface area contributed by atoms with Gasteiger partial charge in [0.25, 0.3) is 0 Å². The maximum absolute atomic E-state index is 11.7. The fourth-order valence-electron chi connectivity index (χ4n) is 9.83. The maximum atomic E-state index is 11.7. The van der Waals surface area contributed by atoms with E-state index in [0.717, 1.165) is 82.3 Å². The first-order valence-corrected chi connectivity index (χ1v) is 23.0. The molecule has 329 valence electrons. The maximum Gasteiger partial charge on any atom is 0.162 e. The molecule has 8 rings (SSSR count). The number of aromatic nitrogens is 2. The molecule has 2 bridgehead atoms. The van der Waals surface area contributed by atoms with Crippen molar-refractivity contribution in [2.75, 3.05) is 0 Å². The van der Waals surface area contributed by atoms with Gasteiger partial charge in [0.05, 0.1) is 7.13 Å². The van der Waals surface area contributed by atoms with Crippen LogP contribution in [-0.4, -0.2) is 20.9 Å². The molecule has 4 aromatic carbocycles. The van der Waals surface area contributed by atoms with Crippen LogP contribution in [0.1, 0.15) is 139 Å². The summed E-state index contributed by atoms with van der Waals surface area (Å²) in [5, 5.41) is 14.5. The van der Waals surface area contributed by atoms with Gasteiger partial charge in [-0.15, -0.1) is 69.8 Å². The molecule has 0 amide bonds. The summed E-state index contributed by atoms with van der Waals surface area (Å²) in [6.07, 6.45) is 12.9. The second-order valence-corrected chi connectivity index (χ2v) is 18.2. The van der Waals surface area contributed by atoms with Crippen LogP contribution < -0.4 is 0 Å². The van der Waals surface area contributed by atoms with Crippen LogP contribution >= 0.6 is 0 Å². The first-order chi connectivity index (χ1) is 29.7. The molecule has 62 heavy (non-hydrogen) atoms. The van der Waals surface area contributed by atoms with Gasteiger partial charge in [-0.1, -0.05) is 112 Å². The van der Waals surface area contributed by atoms with Crippen molar-refractivity contribution >= 4 is 27.3 Å². The van der Waals surface area contributed by atoms with E-state index in [1.54, 1.807) is 5.56 Å². The Morgan fingerprint density at radius 3 is 1.85 bits per heavy atom. The van der Waals surface area contributed by atoms with Gasteiger partial charge in [0.15, 0.2) is 5.78 Å². The van der Waals surface area contributed by atoms with Gasteiger partial charge in [0.2, 0.25) is 0 Å². The summed E-state index contributed by atoms with van der Waals surface area (Å²) < 4.78 is 8.03. The average molecular weight is 1010 g/mol. The fourth-order valence-corrected chi connectivity index (χ4v) is 9.83. The molecule has 5 heteroatoms. The van der Waals surface area contributed by atoms with E-state index in [4.69, 9.17) is 6.35 Å². The van der Waals surface area contributed by atoms with Crippen molar-refractivity contribution in [2.24, 2.45) is 23.7 Å². The zero-order valence-corrected chi connectivity index (χ0v) is 41.2. The zero-order valence-electron chi connectivity index (χ0n) is 39.8. The van der Waals surface area contributed by atoms with Gasteiger partial charge in [0.1, 0.15) is 0 Å². The summed E-state index contributed by atoms with van der Waals surface area (Å²) in [6.45, 7) is 20.8. The summed E-state index contributed by atoms with van der Waals surface area (Å²) in [6, 6.07) is 33.0. The van der Waals surface area contributed by atoms with Gasteiger partial charge >= 0.3 is 0 Å². The molecule has 3 atom stereocenters. The number of pyridine rings is 2. The molecule has 6 aromatic rings. The van der Waals surface area contributed by atoms with Crippen LogP contribution in [0, 0.1) is 63.5 Å². The minimum atomic E-state index is 0. The number of aliphatic hydroxyl groups is 1. The Morgan fingerprint density at radius 1 is 0.742 bits per heavy atom. The molecule has 0 saturated heterocycles. The van der Waals surface area contributed by atoms with Crippen LogP contribution in [0.15, 0.2) is 97.0 Å². The molecule has 2 aliphatic rings. The Labute approximate surface area is 387 Å². The predicted molar refractivity (Wildman–Crippen MR) is 257 cm³/mol. The van der Waals surface area contributed by atoms with Gasteiger partial charge in [-0.25, -0.2) is 0 Å². The Balaban J connectivity index is 0.000000183. The molecule has 3 unspecified atom stereocenters. The molecule has 1 N–H and O–H groups in total. The number of nitrogens with zero attached hydrogens (tertiary/aromatic N) is 2. The van der Waals surface area contributed by atoms with E-state index < -0.39 is 0 Å². The normalized spacial score (nSPS) is 17.1. The van der Waals surface area contributed by atoms with Gasteiger partial charge in [0, 0.05) is 50.4 Å². The first-order valence-electron chi connectivity index (χ1n) is 23.5. The van der Waals surface area contributed by atoms with Crippen LogP contribution in [-0.2, 0) is 24.9 Å². The number of fused-ring (bicyclic) bond motifs is 4. The zero-order chi connectivity index (χ0) is 44.7. The van der Waals surface area contributed by atoms with Crippen molar-refractivity contribution in [2.45, 2.75) is 132 Å². The Morgan fingerprint density at radius 2 is 1.32 bits per heavy atom. The third-order valence-corrected chi connectivity index (χ3v) is 13.2. The monoisotopic (exact) mass is 1010 g/mol. The van der Waals surface area contributed by atoms with E-state index in [-0.39, 0.29) is 43.5 Å². The van der Waals surface area contributed by atoms with E-state index in [1.165, 1.54) is 64.8 Å². The standard InChI is InChI=1S/C24H24N.C20H20N.C13H24O2.Ir/c1-15-9-16(2)11-21(10-15)24-22-6-5-19(14-20(22)7-8-25-24)23-13-17-3-4-18(23)12-17;1-13(2)16-5-6-19-17(12-16)7-8-21-20(19)18-10-14(3)9-15(4)11-18;1-5-10(6-2)12(14)9-13(15)11(7-3)8-4;/h5-10,14,17-18,23H,3-4,12-13H2,1-2H3;5-10,12-13H,1-4H3;9-11,14H,5-8H2,1-4H3;/q2*-1;;/b;;12-9-;/i;8D;;. The van der Waals surface area contributed by atoms with Crippen molar-refractivity contribution in [1.29, 1.82) is 0 Å². The molecule has 4 nitrogen and oxygen atoms in total. The second-order valence-electron chi connectivity index (χ2n) is 18.2. The van der Waals surface area contributed by atoms with Crippen LogP contribution in [0.2, 0.25) is 0 Å². The average Bonchev–Trinajstić information content (AvgIpc) is 3.88. The smallest absolute Gasteiger partial charge is 0.162 e. The van der Waals surface area contributed by atoms with Crippen molar-refractivity contribution in [1.82, 2.24) is 9.97 Å². The van der Waals surface area contributed by atoms with Crippen LogP contribution in [0.25, 0.3) is 44.1 Å². The topological polar surface area (TPSA) is 63.1 Å². The third kappa shape index (κ3) is 11.8. The largest absolute Gasteiger partial charge is 0.512 e. The molecule has 2 aliphatic carbocycles. The van der Waals surface area contributed by atoms with Gasteiger partial charge in [-0.05, 0) is 125 Å². The van der Waals surface area contributed by atoms with Crippen LogP contribution in [0.5, 0.6) is 0 Å². The molecule has 0 aliphatic heterocycles. The Hall–Kier alpha value is -4.44. The number of carbonyl (C=O) groups is 1. The number of allylic oxidation sites excluding steroid dienone is 2. The minimum absolute atomic E-state index is 0.